The highest BCUT2D eigenvalue weighted by Gasteiger charge is 2.13. The van der Waals surface area contributed by atoms with Gasteiger partial charge in [-0.1, -0.05) is 24.3 Å². The third kappa shape index (κ3) is 4.48. The van der Waals surface area contributed by atoms with Crippen molar-refractivity contribution in [2.45, 2.75) is 19.4 Å². The van der Waals surface area contributed by atoms with Gasteiger partial charge in [-0.25, -0.2) is 13.8 Å². The zero-order valence-electron chi connectivity index (χ0n) is 13.5. The number of amides is 1. The minimum atomic E-state index is -0.319. The molecular weight excluding hydrogens is 342 g/mol. The van der Waals surface area contributed by atoms with Crippen LogP contribution in [0.2, 0.25) is 0 Å². The number of carbonyl (C=O) groups is 1. The molecule has 1 aromatic heterocycles. The Morgan fingerprint density at radius 1 is 1.16 bits per heavy atom. The topological polar surface area (TPSA) is 42.0 Å². The molecule has 1 amide bonds. The molecular formula is C19H16F2N2OS. The minimum Gasteiger partial charge on any atom is -0.349 e. The maximum Gasteiger partial charge on any atom is 0.226 e. The first-order valence-corrected chi connectivity index (χ1v) is 8.64. The molecule has 3 aromatic rings. The second-order valence-corrected chi connectivity index (χ2v) is 6.53. The summed E-state index contributed by atoms with van der Waals surface area (Å²) in [4.78, 5) is 16.6. The summed E-state index contributed by atoms with van der Waals surface area (Å²) in [7, 11) is 0. The SMILES string of the molecule is CC(NC(=O)Cc1csc(-c2cccc(F)c2)n1)c1ccc(F)cc1. The number of aromatic nitrogens is 1. The number of nitrogens with zero attached hydrogens (tertiary/aromatic N) is 1. The summed E-state index contributed by atoms with van der Waals surface area (Å²) in [5, 5.41) is 5.33. The number of thiazole rings is 1. The standard InChI is InChI=1S/C19H16F2N2OS/c1-12(13-5-7-15(20)8-6-13)22-18(24)10-17-11-25-19(23-17)14-3-2-4-16(21)9-14/h2-9,11-12H,10H2,1H3,(H,22,24). The van der Waals surface area contributed by atoms with Crippen LogP contribution in [0.25, 0.3) is 10.6 Å². The van der Waals surface area contributed by atoms with Crippen LogP contribution in [0, 0.1) is 11.6 Å². The van der Waals surface area contributed by atoms with Crippen LogP contribution in [0.3, 0.4) is 0 Å². The summed E-state index contributed by atoms with van der Waals surface area (Å²) in [6, 6.07) is 12.0. The second-order valence-electron chi connectivity index (χ2n) is 5.67. The van der Waals surface area contributed by atoms with E-state index in [0.717, 1.165) is 5.56 Å². The van der Waals surface area contributed by atoms with Crippen LogP contribution in [0.5, 0.6) is 0 Å². The molecule has 0 aliphatic heterocycles. The molecule has 0 aliphatic rings. The number of benzene rings is 2. The molecule has 0 aliphatic carbocycles. The van der Waals surface area contributed by atoms with Crippen molar-refractivity contribution in [3.63, 3.8) is 0 Å². The Labute approximate surface area is 148 Å². The lowest BCUT2D eigenvalue weighted by Crippen LogP contribution is -2.28. The van der Waals surface area contributed by atoms with Gasteiger partial charge in [0.05, 0.1) is 18.2 Å². The molecule has 25 heavy (non-hydrogen) atoms. The summed E-state index contributed by atoms with van der Waals surface area (Å²) in [6.45, 7) is 1.84. The van der Waals surface area contributed by atoms with E-state index in [1.165, 1.54) is 35.6 Å². The first-order chi connectivity index (χ1) is 12.0. The van der Waals surface area contributed by atoms with Crippen molar-refractivity contribution >= 4 is 17.2 Å². The normalized spacial score (nSPS) is 12.0. The molecule has 0 saturated heterocycles. The number of hydrogen-bond acceptors (Lipinski definition) is 3. The largest absolute Gasteiger partial charge is 0.349 e. The number of carbonyl (C=O) groups excluding carboxylic acids is 1. The Balaban J connectivity index is 1.62. The summed E-state index contributed by atoms with van der Waals surface area (Å²) < 4.78 is 26.2. The van der Waals surface area contributed by atoms with Crippen molar-refractivity contribution in [1.29, 1.82) is 0 Å². The van der Waals surface area contributed by atoms with E-state index < -0.39 is 0 Å². The smallest absolute Gasteiger partial charge is 0.226 e. The van der Waals surface area contributed by atoms with Gasteiger partial charge in [-0.15, -0.1) is 11.3 Å². The third-order valence-electron chi connectivity index (χ3n) is 3.71. The van der Waals surface area contributed by atoms with Gasteiger partial charge in [-0.05, 0) is 36.8 Å². The van der Waals surface area contributed by atoms with Gasteiger partial charge in [0, 0.05) is 10.9 Å². The van der Waals surface area contributed by atoms with Crippen LogP contribution in [0.1, 0.15) is 24.2 Å². The van der Waals surface area contributed by atoms with Crippen molar-refractivity contribution in [3.8, 4) is 10.6 Å². The molecule has 1 heterocycles. The zero-order chi connectivity index (χ0) is 17.8. The van der Waals surface area contributed by atoms with E-state index in [0.29, 0.717) is 16.3 Å². The summed E-state index contributed by atoms with van der Waals surface area (Å²) in [5.41, 5.74) is 2.15. The molecule has 3 nitrogen and oxygen atoms in total. The van der Waals surface area contributed by atoms with E-state index in [-0.39, 0.29) is 30.0 Å². The molecule has 3 rings (SSSR count). The van der Waals surface area contributed by atoms with Crippen LogP contribution in [0.15, 0.2) is 53.9 Å². The lowest BCUT2D eigenvalue weighted by Gasteiger charge is -2.13. The van der Waals surface area contributed by atoms with Gasteiger partial charge in [0.2, 0.25) is 5.91 Å². The van der Waals surface area contributed by atoms with Crippen LogP contribution >= 0.6 is 11.3 Å². The maximum absolute atomic E-state index is 13.3. The molecule has 0 fully saturated rings. The monoisotopic (exact) mass is 358 g/mol. The van der Waals surface area contributed by atoms with Crippen LogP contribution < -0.4 is 5.32 Å². The first kappa shape index (κ1) is 17.2. The summed E-state index contributed by atoms with van der Waals surface area (Å²) in [6.07, 6.45) is 0.136. The number of nitrogens with one attached hydrogen (secondary N) is 1. The molecule has 0 radical (unpaired) electrons. The van der Waals surface area contributed by atoms with Crippen molar-refractivity contribution in [2.75, 3.05) is 0 Å². The van der Waals surface area contributed by atoms with Gasteiger partial charge in [-0.2, -0.15) is 0 Å². The minimum absolute atomic E-state index is 0.136. The zero-order valence-corrected chi connectivity index (χ0v) is 14.3. The van der Waals surface area contributed by atoms with E-state index in [2.05, 4.69) is 10.3 Å². The van der Waals surface area contributed by atoms with E-state index in [1.807, 2.05) is 6.92 Å². The molecule has 1 unspecified atom stereocenters. The van der Waals surface area contributed by atoms with Crippen molar-refractivity contribution in [1.82, 2.24) is 10.3 Å². The average molecular weight is 358 g/mol. The lowest BCUT2D eigenvalue weighted by molar-refractivity contribution is -0.121. The Kier molecular flexibility index (Phi) is 5.19. The second kappa shape index (κ2) is 7.53. The fraction of sp³-hybridized carbons (Fsp3) is 0.158. The highest BCUT2D eigenvalue weighted by Crippen LogP contribution is 2.24. The van der Waals surface area contributed by atoms with Crippen LogP contribution in [0.4, 0.5) is 8.78 Å². The highest BCUT2D eigenvalue weighted by atomic mass is 32.1. The molecule has 0 bridgehead atoms. The van der Waals surface area contributed by atoms with Crippen LogP contribution in [-0.4, -0.2) is 10.9 Å². The van der Waals surface area contributed by atoms with Gasteiger partial charge in [0.25, 0.3) is 0 Å². The molecule has 1 atom stereocenters. The molecule has 0 saturated carbocycles. The number of halogens is 2. The highest BCUT2D eigenvalue weighted by molar-refractivity contribution is 7.13. The quantitative estimate of drug-likeness (QED) is 0.729. The lowest BCUT2D eigenvalue weighted by atomic mass is 10.1. The first-order valence-electron chi connectivity index (χ1n) is 7.76. The van der Waals surface area contributed by atoms with Gasteiger partial charge < -0.3 is 5.32 Å². The van der Waals surface area contributed by atoms with Crippen molar-refractivity contribution in [3.05, 3.63) is 76.8 Å². The van der Waals surface area contributed by atoms with Gasteiger partial charge >= 0.3 is 0 Å². The molecule has 128 valence electrons. The predicted octanol–water partition coefficient (Wildman–Crippen LogP) is 4.51. The van der Waals surface area contributed by atoms with E-state index in [4.69, 9.17) is 0 Å². The Morgan fingerprint density at radius 2 is 1.92 bits per heavy atom. The van der Waals surface area contributed by atoms with Crippen molar-refractivity contribution < 1.29 is 13.6 Å². The summed E-state index contributed by atoms with van der Waals surface area (Å²) >= 11 is 1.37. The van der Waals surface area contributed by atoms with Crippen LogP contribution in [-0.2, 0) is 11.2 Å². The number of hydrogen-bond donors (Lipinski definition) is 1. The molecule has 2 aromatic carbocycles. The fourth-order valence-electron chi connectivity index (χ4n) is 2.43. The maximum atomic E-state index is 13.3. The summed E-state index contributed by atoms with van der Waals surface area (Å²) in [5.74, 6) is -0.803. The molecule has 1 N–H and O–H groups in total. The van der Waals surface area contributed by atoms with Crippen molar-refractivity contribution in [2.24, 2.45) is 0 Å². The Morgan fingerprint density at radius 3 is 2.64 bits per heavy atom. The van der Waals surface area contributed by atoms with Gasteiger partial charge in [0.1, 0.15) is 16.6 Å². The Hall–Kier alpha value is -2.60. The predicted molar refractivity (Wildman–Crippen MR) is 94.2 cm³/mol. The van der Waals surface area contributed by atoms with Gasteiger partial charge in [-0.3, -0.25) is 4.79 Å². The Bertz CT molecular complexity index is 877. The molecule has 6 heteroatoms. The fourth-order valence-corrected chi connectivity index (χ4v) is 3.25. The number of rotatable bonds is 5. The third-order valence-corrected chi connectivity index (χ3v) is 4.65. The van der Waals surface area contributed by atoms with Gasteiger partial charge in [0.15, 0.2) is 0 Å². The molecule has 0 spiro atoms. The van der Waals surface area contributed by atoms with E-state index in [9.17, 15) is 13.6 Å². The van der Waals surface area contributed by atoms with E-state index in [1.54, 1.807) is 29.6 Å². The van der Waals surface area contributed by atoms with E-state index >= 15 is 0 Å². The average Bonchev–Trinajstić information content (AvgIpc) is 3.03.